The van der Waals surface area contributed by atoms with Crippen LogP contribution in [0.25, 0.3) is 16.9 Å². The highest BCUT2D eigenvalue weighted by Gasteiger charge is 2.59. The minimum atomic E-state index is 0.170. The zero-order valence-electron chi connectivity index (χ0n) is 20.6. The van der Waals surface area contributed by atoms with Gasteiger partial charge >= 0.3 is 0 Å². The van der Waals surface area contributed by atoms with Gasteiger partial charge in [0.1, 0.15) is 0 Å². The summed E-state index contributed by atoms with van der Waals surface area (Å²) in [6.45, 7) is 3.51. The summed E-state index contributed by atoms with van der Waals surface area (Å²) in [6.07, 6.45) is 5.38. The molecule has 2 aliphatic rings. The van der Waals surface area contributed by atoms with Gasteiger partial charge in [-0.1, -0.05) is 48.5 Å². The van der Waals surface area contributed by atoms with Crippen LogP contribution in [-0.2, 0) is 17.9 Å². The van der Waals surface area contributed by atoms with Gasteiger partial charge in [-0.15, -0.1) is 11.3 Å². The molecule has 1 aliphatic heterocycles. The van der Waals surface area contributed by atoms with Crippen LogP contribution in [0.3, 0.4) is 0 Å². The Labute approximate surface area is 216 Å². The highest BCUT2D eigenvalue weighted by molar-refractivity contribution is 7.07. The number of carbonyl (C=O) groups excluding carboxylic acids is 1. The molecular formula is C29H31N5OS. The van der Waals surface area contributed by atoms with E-state index in [-0.39, 0.29) is 17.2 Å². The summed E-state index contributed by atoms with van der Waals surface area (Å²) in [5.41, 5.74) is 7.50. The van der Waals surface area contributed by atoms with E-state index in [0.29, 0.717) is 6.54 Å². The SMILES string of the molecule is CN(Cc1cscn1)C(=O)[C@H]1CC12CCN(Cc1cn(-c3ccccc3)nc1-c1ccccc1)CC2. The number of aromatic nitrogens is 3. The van der Waals surface area contributed by atoms with Gasteiger partial charge in [0.15, 0.2) is 0 Å². The maximum absolute atomic E-state index is 13.1. The topological polar surface area (TPSA) is 54.3 Å². The molecule has 1 saturated carbocycles. The molecule has 1 spiro atoms. The van der Waals surface area contributed by atoms with E-state index in [9.17, 15) is 4.79 Å². The fourth-order valence-electron chi connectivity index (χ4n) is 5.63. The Balaban J connectivity index is 1.13. The summed E-state index contributed by atoms with van der Waals surface area (Å²) >= 11 is 1.58. The molecule has 36 heavy (non-hydrogen) atoms. The minimum Gasteiger partial charge on any atom is -0.340 e. The van der Waals surface area contributed by atoms with E-state index in [1.165, 1.54) is 5.56 Å². The lowest BCUT2D eigenvalue weighted by atomic mass is 9.90. The molecule has 1 saturated heterocycles. The quantitative estimate of drug-likeness (QED) is 0.350. The number of para-hydroxylation sites is 1. The van der Waals surface area contributed by atoms with Crippen LogP contribution in [0.5, 0.6) is 0 Å². The van der Waals surface area contributed by atoms with Crippen molar-refractivity contribution in [1.29, 1.82) is 0 Å². The van der Waals surface area contributed by atoms with Crippen molar-refractivity contribution < 1.29 is 4.79 Å². The third-order valence-electron chi connectivity index (χ3n) is 7.85. The highest BCUT2D eigenvalue weighted by atomic mass is 32.1. The van der Waals surface area contributed by atoms with Gasteiger partial charge in [0.25, 0.3) is 0 Å². The first-order chi connectivity index (χ1) is 17.6. The largest absolute Gasteiger partial charge is 0.340 e. The molecule has 4 aromatic rings. The van der Waals surface area contributed by atoms with E-state index >= 15 is 0 Å². The van der Waals surface area contributed by atoms with Crippen molar-refractivity contribution in [2.24, 2.45) is 11.3 Å². The Kier molecular flexibility index (Phi) is 6.19. The van der Waals surface area contributed by atoms with Crippen LogP contribution in [0.4, 0.5) is 0 Å². The molecule has 184 valence electrons. The number of piperidine rings is 1. The van der Waals surface area contributed by atoms with Gasteiger partial charge in [0.2, 0.25) is 5.91 Å². The summed E-state index contributed by atoms with van der Waals surface area (Å²) in [5, 5.41) is 7.00. The lowest BCUT2D eigenvalue weighted by Crippen LogP contribution is -2.37. The maximum atomic E-state index is 13.1. The first kappa shape index (κ1) is 23.1. The lowest BCUT2D eigenvalue weighted by molar-refractivity contribution is -0.133. The van der Waals surface area contributed by atoms with E-state index < -0.39 is 0 Å². The molecule has 1 amide bonds. The molecule has 0 N–H and O–H groups in total. The molecule has 2 fully saturated rings. The molecule has 7 heteroatoms. The average molecular weight is 498 g/mol. The van der Waals surface area contributed by atoms with Crippen molar-refractivity contribution in [3.63, 3.8) is 0 Å². The van der Waals surface area contributed by atoms with Crippen molar-refractivity contribution in [1.82, 2.24) is 24.6 Å². The van der Waals surface area contributed by atoms with Crippen molar-refractivity contribution in [3.05, 3.63) is 89.0 Å². The number of thiazole rings is 1. The molecule has 1 aliphatic carbocycles. The van der Waals surface area contributed by atoms with Crippen molar-refractivity contribution in [2.45, 2.75) is 32.4 Å². The number of carbonyl (C=O) groups is 1. The van der Waals surface area contributed by atoms with Crippen molar-refractivity contribution >= 4 is 17.2 Å². The Morgan fingerprint density at radius 1 is 1.08 bits per heavy atom. The second kappa shape index (κ2) is 9.64. The van der Waals surface area contributed by atoms with E-state index in [4.69, 9.17) is 5.10 Å². The molecule has 6 nitrogen and oxygen atoms in total. The maximum Gasteiger partial charge on any atom is 0.226 e. The fraction of sp³-hybridized carbons (Fsp3) is 0.345. The first-order valence-corrected chi connectivity index (χ1v) is 13.6. The van der Waals surface area contributed by atoms with Crippen LogP contribution >= 0.6 is 11.3 Å². The number of amides is 1. The van der Waals surface area contributed by atoms with Gasteiger partial charge in [-0.25, -0.2) is 9.67 Å². The van der Waals surface area contributed by atoms with Gasteiger partial charge in [-0.2, -0.15) is 5.10 Å². The van der Waals surface area contributed by atoms with Crippen LogP contribution < -0.4 is 0 Å². The van der Waals surface area contributed by atoms with Gasteiger partial charge < -0.3 is 4.90 Å². The zero-order valence-corrected chi connectivity index (χ0v) is 21.4. The Bertz CT molecular complexity index is 1310. The number of hydrogen-bond donors (Lipinski definition) is 0. The Morgan fingerprint density at radius 2 is 1.81 bits per heavy atom. The Morgan fingerprint density at radius 3 is 2.50 bits per heavy atom. The molecule has 0 bridgehead atoms. The van der Waals surface area contributed by atoms with Gasteiger partial charge in [0.05, 0.1) is 29.1 Å². The lowest BCUT2D eigenvalue weighted by Gasteiger charge is -2.33. The van der Waals surface area contributed by atoms with Crippen LogP contribution in [0.15, 0.2) is 77.8 Å². The number of likely N-dealkylation sites (tertiary alicyclic amines) is 1. The van der Waals surface area contributed by atoms with E-state index in [0.717, 1.165) is 61.5 Å². The van der Waals surface area contributed by atoms with Crippen LogP contribution in [0.1, 0.15) is 30.5 Å². The summed E-state index contributed by atoms with van der Waals surface area (Å²) in [4.78, 5) is 21.8. The smallest absolute Gasteiger partial charge is 0.226 e. The van der Waals surface area contributed by atoms with Gasteiger partial charge in [0, 0.05) is 42.2 Å². The van der Waals surface area contributed by atoms with Crippen molar-refractivity contribution in [2.75, 3.05) is 20.1 Å². The fourth-order valence-corrected chi connectivity index (χ4v) is 6.18. The molecule has 0 radical (unpaired) electrons. The molecule has 1 atom stereocenters. The van der Waals surface area contributed by atoms with Crippen molar-refractivity contribution in [3.8, 4) is 16.9 Å². The highest BCUT2D eigenvalue weighted by Crippen LogP contribution is 2.60. The zero-order chi connectivity index (χ0) is 24.5. The normalized spacial score (nSPS) is 18.9. The summed E-state index contributed by atoms with van der Waals surface area (Å²) in [7, 11) is 1.92. The molecule has 3 heterocycles. The van der Waals surface area contributed by atoms with E-state index in [1.54, 1.807) is 11.3 Å². The second-order valence-corrected chi connectivity index (χ2v) is 10.9. The van der Waals surface area contributed by atoms with Crippen LogP contribution in [-0.4, -0.2) is 50.6 Å². The predicted octanol–water partition coefficient (Wildman–Crippen LogP) is 5.26. The third-order valence-corrected chi connectivity index (χ3v) is 8.49. The standard InChI is InChI=1S/C29H31N5OS/c1-32(19-24-20-36-21-30-24)28(35)26-16-29(26)12-14-33(15-13-29)17-23-18-34(25-10-6-3-7-11-25)31-27(23)22-8-4-2-5-9-22/h2-11,18,20-21,26H,12-17,19H2,1H3/t26-/m1/s1. The van der Waals surface area contributed by atoms with Gasteiger partial charge in [-0.3, -0.25) is 9.69 Å². The number of benzene rings is 2. The minimum absolute atomic E-state index is 0.170. The number of nitrogens with zero attached hydrogens (tertiary/aromatic N) is 5. The first-order valence-electron chi connectivity index (χ1n) is 12.7. The average Bonchev–Trinajstić information content (AvgIpc) is 3.23. The van der Waals surface area contributed by atoms with Crippen LogP contribution in [0, 0.1) is 11.3 Å². The van der Waals surface area contributed by atoms with Crippen LogP contribution in [0.2, 0.25) is 0 Å². The van der Waals surface area contributed by atoms with Gasteiger partial charge in [-0.05, 0) is 49.9 Å². The monoisotopic (exact) mass is 497 g/mol. The molecule has 0 unspecified atom stereocenters. The molecule has 2 aromatic heterocycles. The summed E-state index contributed by atoms with van der Waals surface area (Å²) < 4.78 is 2.00. The van der Waals surface area contributed by atoms with E-state index in [2.05, 4.69) is 52.5 Å². The predicted molar refractivity (Wildman–Crippen MR) is 143 cm³/mol. The Hall–Kier alpha value is -3.29. The second-order valence-electron chi connectivity index (χ2n) is 10.2. The number of rotatable bonds is 7. The summed E-state index contributed by atoms with van der Waals surface area (Å²) in [6, 6.07) is 20.8. The molecule has 2 aromatic carbocycles. The number of hydrogen-bond acceptors (Lipinski definition) is 5. The third kappa shape index (κ3) is 4.61. The molecule has 6 rings (SSSR count). The summed E-state index contributed by atoms with van der Waals surface area (Å²) in [5.74, 6) is 0.455. The van der Waals surface area contributed by atoms with E-state index in [1.807, 2.05) is 51.8 Å². The molecular weight excluding hydrogens is 466 g/mol.